The van der Waals surface area contributed by atoms with Crippen molar-refractivity contribution in [3.63, 3.8) is 0 Å². The van der Waals surface area contributed by atoms with Crippen molar-refractivity contribution in [2.75, 3.05) is 26.7 Å². The second-order valence-electron chi connectivity index (χ2n) is 5.56. The minimum absolute atomic E-state index is 0.721. The first-order valence-electron chi connectivity index (χ1n) is 7.26. The van der Waals surface area contributed by atoms with Crippen LogP contribution in [0.1, 0.15) is 12.0 Å². The van der Waals surface area contributed by atoms with Crippen LogP contribution in [0.3, 0.4) is 0 Å². The number of likely N-dealkylation sites (tertiary alicyclic amines) is 1. The average molecular weight is 306 g/mol. The molecule has 1 atom stereocenters. The SMILES string of the molecule is CNCC1CCN(Cc2ccc(Cl)cc2-n2cncn2)C1. The number of nitrogens with zero attached hydrogens (tertiary/aromatic N) is 4. The number of hydrogen-bond donors (Lipinski definition) is 1. The van der Waals surface area contributed by atoms with Gasteiger partial charge in [0, 0.05) is 18.1 Å². The van der Waals surface area contributed by atoms with E-state index < -0.39 is 0 Å². The molecule has 0 radical (unpaired) electrons. The lowest BCUT2D eigenvalue weighted by atomic mass is 10.1. The number of rotatable bonds is 5. The summed E-state index contributed by atoms with van der Waals surface area (Å²) in [6.45, 7) is 4.30. The Labute approximate surface area is 129 Å². The number of hydrogen-bond acceptors (Lipinski definition) is 4. The number of benzene rings is 1. The van der Waals surface area contributed by atoms with Gasteiger partial charge in [0.15, 0.2) is 0 Å². The normalized spacial score (nSPS) is 19.2. The van der Waals surface area contributed by atoms with E-state index in [9.17, 15) is 0 Å². The Morgan fingerprint density at radius 2 is 2.33 bits per heavy atom. The molecule has 21 heavy (non-hydrogen) atoms. The molecule has 1 N–H and O–H groups in total. The van der Waals surface area contributed by atoms with Crippen LogP contribution in [-0.2, 0) is 6.54 Å². The predicted molar refractivity (Wildman–Crippen MR) is 83.7 cm³/mol. The lowest BCUT2D eigenvalue weighted by Gasteiger charge is -2.18. The fraction of sp³-hybridized carbons (Fsp3) is 0.467. The minimum atomic E-state index is 0.721. The highest BCUT2D eigenvalue weighted by Crippen LogP contribution is 2.23. The van der Waals surface area contributed by atoms with Gasteiger partial charge in [0.1, 0.15) is 12.7 Å². The van der Waals surface area contributed by atoms with Crippen molar-refractivity contribution < 1.29 is 0 Å². The summed E-state index contributed by atoms with van der Waals surface area (Å²) in [4.78, 5) is 6.52. The van der Waals surface area contributed by atoms with E-state index in [1.54, 1.807) is 17.3 Å². The molecule has 0 aliphatic carbocycles. The smallest absolute Gasteiger partial charge is 0.138 e. The first-order chi connectivity index (χ1) is 10.3. The van der Waals surface area contributed by atoms with Gasteiger partial charge in [0.05, 0.1) is 5.69 Å². The van der Waals surface area contributed by atoms with Crippen molar-refractivity contribution in [1.82, 2.24) is 25.0 Å². The molecular formula is C15H20ClN5. The van der Waals surface area contributed by atoms with E-state index in [-0.39, 0.29) is 0 Å². The molecule has 112 valence electrons. The fourth-order valence-corrected chi connectivity index (χ4v) is 3.14. The zero-order chi connectivity index (χ0) is 14.7. The molecule has 1 aromatic carbocycles. The van der Waals surface area contributed by atoms with Crippen LogP contribution in [0.25, 0.3) is 5.69 Å². The van der Waals surface area contributed by atoms with Crippen molar-refractivity contribution >= 4 is 11.6 Å². The molecule has 2 aromatic rings. The fourth-order valence-electron chi connectivity index (χ4n) is 2.97. The molecule has 0 bridgehead atoms. The standard InChI is InChI=1S/C15H20ClN5/c1-17-7-12-4-5-20(8-12)9-13-2-3-14(16)6-15(13)21-11-18-10-19-21/h2-3,6,10-12,17H,4-5,7-9H2,1H3. The van der Waals surface area contributed by atoms with Crippen LogP contribution < -0.4 is 5.32 Å². The van der Waals surface area contributed by atoms with Gasteiger partial charge in [-0.05, 0) is 50.2 Å². The summed E-state index contributed by atoms with van der Waals surface area (Å²) in [6, 6.07) is 5.98. The van der Waals surface area contributed by atoms with Gasteiger partial charge < -0.3 is 5.32 Å². The second kappa shape index (κ2) is 6.56. The van der Waals surface area contributed by atoms with E-state index in [4.69, 9.17) is 11.6 Å². The Kier molecular flexibility index (Phi) is 4.53. The molecule has 0 amide bonds. The molecular weight excluding hydrogens is 286 g/mol. The van der Waals surface area contributed by atoms with E-state index in [2.05, 4.69) is 26.4 Å². The summed E-state index contributed by atoms with van der Waals surface area (Å²) >= 11 is 6.13. The molecule has 1 fully saturated rings. The maximum absolute atomic E-state index is 6.13. The molecule has 1 saturated heterocycles. The Hall–Kier alpha value is -1.43. The van der Waals surface area contributed by atoms with Crippen molar-refractivity contribution in [3.05, 3.63) is 41.4 Å². The second-order valence-corrected chi connectivity index (χ2v) is 6.00. The third-order valence-corrected chi connectivity index (χ3v) is 4.20. The van der Waals surface area contributed by atoms with Gasteiger partial charge in [-0.25, -0.2) is 9.67 Å². The van der Waals surface area contributed by atoms with Crippen LogP contribution in [0.15, 0.2) is 30.9 Å². The highest BCUT2D eigenvalue weighted by atomic mass is 35.5. The highest BCUT2D eigenvalue weighted by Gasteiger charge is 2.22. The van der Waals surface area contributed by atoms with Gasteiger partial charge >= 0.3 is 0 Å². The van der Waals surface area contributed by atoms with E-state index in [0.29, 0.717) is 0 Å². The van der Waals surface area contributed by atoms with Crippen molar-refractivity contribution in [2.45, 2.75) is 13.0 Å². The average Bonchev–Trinajstić information content (AvgIpc) is 3.13. The van der Waals surface area contributed by atoms with Gasteiger partial charge in [-0.15, -0.1) is 0 Å². The van der Waals surface area contributed by atoms with Gasteiger partial charge in [-0.3, -0.25) is 4.90 Å². The largest absolute Gasteiger partial charge is 0.319 e. The van der Waals surface area contributed by atoms with Crippen LogP contribution in [-0.4, -0.2) is 46.3 Å². The summed E-state index contributed by atoms with van der Waals surface area (Å²) in [6.07, 6.45) is 4.51. The molecule has 0 saturated carbocycles. The van der Waals surface area contributed by atoms with Crippen LogP contribution in [0.2, 0.25) is 5.02 Å². The maximum atomic E-state index is 6.13. The zero-order valence-electron chi connectivity index (χ0n) is 12.2. The first-order valence-corrected chi connectivity index (χ1v) is 7.64. The van der Waals surface area contributed by atoms with E-state index in [1.165, 1.54) is 12.0 Å². The van der Waals surface area contributed by atoms with Gasteiger partial charge in [0.2, 0.25) is 0 Å². The monoisotopic (exact) mass is 305 g/mol. The van der Waals surface area contributed by atoms with Crippen LogP contribution >= 0.6 is 11.6 Å². The quantitative estimate of drug-likeness (QED) is 0.917. The van der Waals surface area contributed by atoms with Gasteiger partial charge in [-0.1, -0.05) is 17.7 Å². The summed E-state index contributed by atoms with van der Waals surface area (Å²) in [5.41, 5.74) is 2.24. The third kappa shape index (κ3) is 3.43. The molecule has 2 heterocycles. The molecule has 5 nitrogen and oxygen atoms in total. The van der Waals surface area contributed by atoms with E-state index >= 15 is 0 Å². The molecule has 0 spiro atoms. The summed E-state index contributed by atoms with van der Waals surface area (Å²) in [7, 11) is 2.02. The maximum Gasteiger partial charge on any atom is 0.138 e. The molecule has 1 unspecified atom stereocenters. The molecule has 1 aromatic heterocycles. The lowest BCUT2D eigenvalue weighted by molar-refractivity contribution is 0.315. The van der Waals surface area contributed by atoms with Gasteiger partial charge in [-0.2, -0.15) is 5.10 Å². The number of aromatic nitrogens is 3. The Bertz CT molecular complexity index is 584. The Morgan fingerprint density at radius 1 is 1.43 bits per heavy atom. The molecule has 6 heteroatoms. The van der Waals surface area contributed by atoms with Crippen LogP contribution in [0, 0.1) is 5.92 Å². The van der Waals surface area contributed by atoms with E-state index in [0.717, 1.165) is 42.8 Å². The topological polar surface area (TPSA) is 46.0 Å². The van der Waals surface area contributed by atoms with Crippen LogP contribution in [0.4, 0.5) is 0 Å². The molecule has 3 rings (SSSR count). The summed E-state index contributed by atoms with van der Waals surface area (Å²) < 4.78 is 1.78. The van der Waals surface area contributed by atoms with Gasteiger partial charge in [0.25, 0.3) is 0 Å². The predicted octanol–water partition coefficient (Wildman–Crippen LogP) is 1.96. The molecule has 1 aliphatic heterocycles. The summed E-state index contributed by atoms with van der Waals surface area (Å²) in [5.74, 6) is 0.747. The minimum Gasteiger partial charge on any atom is -0.319 e. The van der Waals surface area contributed by atoms with Crippen molar-refractivity contribution in [3.8, 4) is 5.69 Å². The number of halogens is 1. The Balaban J connectivity index is 1.77. The zero-order valence-corrected chi connectivity index (χ0v) is 12.9. The van der Waals surface area contributed by atoms with Crippen LogP contribution in [0.5, 0.6) is 0 Å². The molecule has 1 aliphatic rings. The van der Waals surface area contributed by atoms with Crippen molar-refractivity contribution in [1.29, 1.82) is 0 Å². The number of nitrogens with one attached hydrogen (secondary N) is 1. The van der Waals surface area contributed by atoms with Crippen molar-refractivity contribution in [2.24, 2.45) is 5.92 Å². The Morgan fingerprint density at radius 3 is 3.10 bits per heavy atom. The van der Waals surface area contributed by atoms with E-state index in [1.807, 2.05) is 19.2 Å². The summed E-state index contributed by atoms with van der Waals surface area (Å²) in [5, 5.41) is 8.22. The lowest BCUT2D eigenvalue weighted by Crippen LogP contribution is -2.24. The first kappa shape index (κ1) is 14.5. The highest BCUT2D eigenvalue weighted by molar-refractivity contribution is 6.30. The third-order valence-electron chi connectivity index (χ3n) is 3.97.